The van der Waals surface area contributed by atoms with Gasteiger partial charge in [0.1, 0.15) is 0 Å². The van der Waals surface area contributed by atoms with Gasteiger partial charge in [-0.1, -0.05) is 36.4 Å². The Balaban J connectivity index is 1.93. The lowest BCUT2D eigenvalue weighted by atomic mass is 9.99. The number of nitrogens with zero attached hydrogens (tertiary/aromatic N) is 1. The summed E-state index contributed by atoms with van der Waals surface area (Å²) in [6.07, 6.45) is 2.06. The maximum absolute atomic E-state index is 12.8. The van der Waals surface area contributed by atoms with Gasteiger partial charge in [0.2, 0.25) is 0 Å². The average molecular weight is 280 g/mol. The first kappa shape index (κ1) is 13.7. The molecule has 1 unspecified atom stereocenters. The van der Waals surface area contributed by atoms with E-state index in [1.165, 1.54) is 11.1 Å². The van der Waals surface area contributed by atoms with E-state index in [0.717, 1.165) is 19.4 Å². The Morgan fingerprint density at radius 1 is 1.14 bits per heavy atom. The molecule has 2 N–H and O–H groups in total. The minimum Gasteiger partial charge on any atom is -0.398 e. The van der Waals surface area contributed by atoms with Crippen molar-refractivity contribution in [1.82, 2.24) is 4.90 Å². The van der Waals surface area contributed by atoms with Crippen LogP contribution in [0.3, 0.4) is 0 Å². The summed E-state index contributed by atoms with van der Waals surface area (Å²) < 4.78 is 0. The highest BCUT2D eigenvalue weighted by atomic mass is 16.2. The van der Waals surface area contributed by atoms with Crippen molar-refractivity contribution in [3.05, 3.63) is 65.2 Å². The number of carbonyl (C=O) groups is 1. The van der Waals surface area contributed by atoms with Crippen LogP contribution in [0.25, 0.3) is 0 Å². The molecule has 21 heavy (non-hydrogen) atoms. The summed E-state index contributed by atoms with van der Waals surface area (Å²) in [6.45, 7) is 2.90. The van der Waals surface area contributed by atoms with Crippen LogP contribution in [0.4, 0.5) is 5.69 Å². The number of benzene rings is 2. The number of hydrogen-bond acceptors (Lipinski definition) is 2. The third-order valence-corrected chi connectivity index (χ3v) is 4.25. The van der Waals surface area contributed by atoms with Gasteiger partial charge in [-0.05, 0) is 43.0 Å². The Morgan fingerprint density at radius 2 is 1.86 bits per heavy atom. The quantitative estimate of drug-likeness (QED) is 0.855. The highest BCUT2D eigenvalue weighted by Gasteiger charge is 2.31. The van der Waals surface area contributed by atoms with E-state index in [2.05, 4.69) is 19.1 Å². The Kier molecular flexibility index (Phi) is 3.65. The molecule has 0 radical (unpaired) electrons. The maximum Gasteiger partial charge on any atom is 0.256 e. The second-order valence-electron chi connectivity index (χ2n) is 5.60. The van der Waals surface area contributed by atoms with Gasteiger partial charge in [-0.25, -0.2) is 0 Å². The van der Waals surface area contributed by atoms with Crippen molar-refractivity contribution in [2.24, 2.45) is 0 Å². The highest BCUT2D eigenvalue weighted by molar-refractivity contribution is 5.99. The van der Waals surface area contributed by atoms with Crippen molar-refractivity contribution < 1.29 is 4.79 Å². The third-order valence-electron chi connectivity index (χ3n) is 4.25. The van der Waals surface area contributed by atoms with Gasteiger partial charge in [-0.2, -0.15) is 0 Å². The van der Waals surface area contributed by atoms with Gasteiger partial charge in [0, 0.05) is 12.2 Å². The third kappa shape index (κ3) is 2.51. The van der Waals surface area contributed by atoms with Crippen molar-refractivity contribution in [1.29, 1.82) is 0 Å². The Morgan fingerprint density at radius 3 is 2.62 bits per heavy atom. The molecule has 1 aliphatic heterocycles. The van der Waals surface area contributed by atoms with Gasteiger partial charge < -0.3 is 10.6 Å². The van der Waals surface area contributed by atoms with Crippen LogP contribution >= 0.6 is 0 Å². The van der Waals surface area contributed by atoms with Crippen molar-refractivity contribution >= 4 is 11.6 Å². The number of para-hydroxylation sites is 1. The number of hydrogen-bond donors (Lipinski definition) is 1. The molecule has 3 rings (SSSR count). The van der Waals surface area contributed by atoms with E-state index >= 15 is 0 Å². The molecular formula is C18H20N2O. The molecule has 1 atom stereocenters. The molecule has 3 heteroatoms. The van der Waals surface area contributed by atoms with Crippen LogP contribution in [0.1, 0.15) is 40.4 Å². The van der Waals surface area contributed by atoms with Crippen LogP contribution in [-0.2, 0) is 0 Å². The normalized spacial score (nSPS) is 18.0. The van der Waals surface area contributed by atoms with Crippen LogP contribution < -0.4 is 5.73 Å². The van der Waals surface area contributed by atoms with E-state index in [0.29, 0.717) is 11.3 Å². The largest absolute Gasteiger partial charge is 0.398 e. The van der Waals surface area contributed by atoms with Crippen molar-refractivity contribution in [2.75, 3.05) is 12.3 Å². The number of rotatable bonds is 2. The van der Waals surface area contributed by atoms with E-state index < -0.39 is 0 Å². The first-order valence-corrected chi connectivity index (χ1v) is 7.39. The highest BCUT2D eigenvalue weighted by Crippen LogP contribution is 2.35. The van der Waals surface area contributed by atoms with Crippen molar-refractivity contribution in [2.45, 2.75) is 25.8 Å². The van der Waals surface area contributed by atoms with Gasteiger partial charge in [-0.15, -0.1) is 0 Å². The summed E-state index contributed by atoms with van der Waals surface area (Å²) in [5.41, 5.74) is 9.61. The zero-order valence-electron chi connectivity index (χ0n) is 12.3. The van der Waals surface area contributed by atoms with Crippen LogP contribution in [0.15, 0.2) is 48.5 Å². The van der Waals surface area contributed by atoms with E-state index in [-0.39, 0.29) is 11.9 Å². The van der Waals surface area contributed by atoms with E-state index in [9.17, 15) is 4.79 Å². The van der Waals surface area contributed by atoms with E-state index in [1.807, 2.05) is 35.2 Å². The summed E-state index contributed by atoms with van der Waals surface area (Å²) in [4.78, 5) is 14.8. The molecule has 1 amide bonds. The molecule has 0 bridgehead atoms. The van der Waals surface area contributed by atoms with Gasteiger partial charge in [0.15, 0.2) is 0 Å². The fraction of sp³-hybridized carbons (Fsp3) is 0.278. The standard InChI is InChI=1S/C18H20N2O/c1-13-7-2-3-8-14(13)17-11-6-12-20(17)18(21)15-9-4-5-10-16(15)19/h2-5,7-10,17H,6,11-12,19H2,1H3. The topological polar surface area (TPSA) is 46.3 Å². The number of amides is 1. The number of nitrogens with two attached hydrogens (primary N) is 1. The predicted octanol–water partition coefficient (Wildman–Crippen LogP) is 3.55. The van der Waals surface area contributed by atoms with Crippen molar-refractivity contribution in [3.8, 4) is 0 Å². The lowest BCUT2D eigenvalue weighted by Gasteiger charge is -2.26. The number of nitrogen functional groups attached to an aromatic ring is 1. The Hall–Kier alpha value is -2.29. The Bertz CT molecular complexity index is 666. The lowest BCUT2D eigenvalue weighted by Crippen LogP contribution is -2.31. The lowest BCUT2D eigenvalue weighted by molar-refractivity contribution is 0.0736. The molecular weight excluding hydrogens is 260 g/mol. The van der Waals surface area contributed by atoms with Crippen LogP contribution in [0.5, 0.6) is 0 Å². The molecule has 0 saturated carbocycles. The SMILES string of the molecule is Cc1ccccc1C1CCCN1C(=O)c1ccccc1N. The van der Waals surface area contributed by atoms with E-state index in [4.69, 9.17) is 5.73 Å². The van der Waals surface area contributed by atoms with Crippen LogP contribution in [-0.4, -0.2) is 17.4 Å². The van der Waals surface area contributed by atoms with Crippen LogP contribution in [0.2, 0.25) is 0 Å². The summed E-state index contributed by atoms with van der Waals surface area (Å²) in [7, 11) is 0. The fourth-order valence-electron chi connectivity index (χ4n) is 3.14. The zero-order valence-corrected chi connectivity index (χ0v) is 12.3. The summed E-state index contributed by atoms with van der Waals surface area (Å²) in [5.74, 6) is 0.0406. The average Bonchev–Trinajstić information content (AvgIpc) is 2.97. The number of aryl methyl sites for hydroxylation is 1. The Labute approximate surface area is 125 Å². The van der Waals surface area contributed by atoms with Gasteiger partial charge in [0.25, 0.3) is 5.91 Å². The molecule has 1 fully saturated rings. The van der Waals surface area contributed by atoms with E-state index in [1.54, 1.807) is 6.07 Å². The first-order chi connectivity index (χ1) is 10.2. The molecule has 108 valence electrons. The minimum atomic E-state index is 0.0406. The maximum atomic E-state index is 12.8. The number of anilines is 1. The fourth-order valence-corrected chi connectivity index (χ4v) is 3.14. The van der Waals surface area contributed by atoms with Crippen molar-refractivity contribution in [3.63, 3.8) is 0 Å². The monoisotopic (exact) mass is 280 g/mol. The molecule has 2 aromatic carbocycles. The first-order valence-electron chi connectivity index (χ1n) is 7.39. The molecule has 1 heterocycles. The molecule has 0 aromatic heterocycles. The molecule has 3 nitrogen and oxygen atoms in total. The predicted molar refractivity (Wildman–Crippen MR) is 85.0 cm³/mol. The smallest absolute Gasteiger partial charge is 0.256 e. The van der Waals surface area contributed by atoms with Gasteiger partial charge in [-0.3, -0.25) is 4.79 Å². The number of carbonyl (C=O) groups excluding carboxylic acids is 1. The molecule has 0 aliphatic carbocycles. The molecule has 2 aromatic rings. The molecule has 1 aliphatic rings. The molecule has 1 saturated heterocycles. The summed E-state index contributed by atoms with van der Waals surface area (Å²) in [6, 6.07) is 15.8. The number of likely N-dealkylation sites (tertiary alicyclic amines) is 1. The second-order valence-corrected chi connectivity index (χ2v) is 5.60. The van der Waals surface area contributed by atoms with Gasteiger partial charge in [0.05, 0.1) is 11.6 Å². The van der Waals surface area contributed by atoms with Gasteiger partial charge >= 0.3 is 0 Å². The summed E-state index contributed by atoms with van der Waals surface area (Å²) in [5, 5.41) is 0. The minimum absolute atomic E-state index is 0.0406. The summed E-state index contributed by atoms with van der Waals surface area (Å²) >= 11 is 0. The molecule has 0 spiro atoms. The zero-order chi connectivity index (χ0) is 14.8. The van der Waals surface area contributed by atoms with Crippen LogP contribution in [0, 0.1) is 6.92 Å². The second kappa shape index (κ2) is 5.60.